The molecule has 0 aliphatic carbocycles. The summed E-state index contributed by atoms with van der Waals surface area (Å²) in [6, 6.07) is 12.1. The molecule has 0 radical (unpaired) electrons. The third-order valence-corrected chi connectivity index (χ3v) is 6.08. The summed E-state index contributed by atoms with van der Waals surface area (Å²) in [6.07, 6.45) is 1.25. The summed E-state index contributed by atoms with van der Waals surface area (Å²) >= 11 is 18.4. The van der Waals surface area contributed by atoms with Crippen LogP contribution in [0.4, 0.5) is 0 Å². The number of carbonyl (C=O) groups is 2. The SMILES string of the molecule is CC[C@@H](C(=O)NCC(C)C)N(Cc1ccc(Cl)c(Cl)c1)C(=O)CCc1ccccc1Cl. The number of carbonyl (C=O) groups excluding carboxylic acids is 2. The fourth-order valence-electron chi connectivity index (χ4n) is 3.26. The Labute approximate surface area is 199 Å². The van der Waals surface area contributed by atoms with E-state index >= 15 is 0 Å². The highest BCUT2D eigenvalue weighted by molar-refractivity contribution is 6.42. The van der Waals surface area contributed by atoms with Crippen LogP contribution in [-0.4, -0.2) is 29.3 Å². The van der Waals surface area contributed by atoms with Crippen LogP contribution < -0.4 is 5.32 Å². The largest absolute Gasteiger partial charge is 0.354 e. The number of halogens is 3. The van der Waals surface area contributed by atoms with E-state index in [0.29, 0.717) is 40.4 Å². The highest BCUT2D eigenvalue weighted by Gasteiger charge is 2.28. The van der Waals surface area contributed by atoms with E-state index in [0.717, 1.165) is 11.1 Å². The van der Waals surface area contributed by atoms with Crippen molar-refractivity contribution >= 4 is 46.6 Å². The molecule has 2 aromatic carbocycles. The number of amides is 2. The van der Waals surface area contributed by atoms with Crippen LogP contribution in [0.5, 0.6) is 0 Å². The van der Waals surface area contributed by atoms with Crippen molar-refractivity contribution in [3.63, 3.8) is 0 Å². The Morgan fingerprint density at radius 1 is 1.00 bits per heavy atom. The molecule has 4 nitrogen and oxygen atoms in total. The molecule has 0 fully saturated rings. The van der Waals surface area contributed by atoms with Crippen molar-refractivity contribution < 1.29 is 9.59 Å². The molecule has 0 unspecified atom stereocenters. The first-order valence-electron chi connectivity index (χ1n) is 10.5. The van der Waals surface area contributed by atoms with Gasteiger partial charge in [0.05, 0.1) is 10.0 Å². The third kappa shape index (κ3) is 7.71. The van der Waals surface area contributed by atoms with Gasteiger partial charge in [0.1, 0.15) is 6.04 Å². The highest BCUT2D eigenvalue weighted by atomic mass is 35.5. The van der Waals surface area contributed by atoms with E-state index < -0.39 is 6.04 Å². The van der Waals surface area contributed by atoms with Crippen molar-refractivity contribution in [1.29, 1.82) is 0 Å². The quantitative estimate of drug-likeness (QED) is 0.440. The van der Waals surface area contributed by atoms with Gasteiger partial charge >= 0.3 is 0 Å². The van der Waals surface area contributed by atoms with E-state index in [4.69, 9.17) is 34.8 Å². The maximum absolute atomic E-state index is 13.3. The van der Waals surface area contributed by atoms with E-state index in [1.54, 1.807) is 17.0 Å². The van der Waals surface area contributed by atoms with Crippen molar-refractivity contribution in [2.75, 3.05) is 6.54 Å². The number of nitrogens with one attached hydrogen (secondary N) is 1. The first-order chi connectivity index (χ1) is 14.7. The predicted molar refractivity (Wildman–Crippen MR) is 129 cm³/mol. The van der Waals surface area contributed by atoms with Crippen LogP contribution in [0.3, 0.4) is 0 Å². The minimum absolute atomic E-state index is 0.113. The normalized spacial score (nSPS) is 12.0. The fourth-order valence-corrected chi connectivity index (χ4v) is 3.81. The number of rotatable bonds is 10. The second-order valence-corrected chi connectivity index (χ2v) is 9.15. The number of nitrogens with zero attached hydrogens (tertiary/aromatic N) is 1. The molecule has 0 saturated carbocycles. The van der Waals surface area contributed by atoms with Crippen LogP contribution in [0.25, 0.3) is 0 Å². The smallest absolute Gasteiger partial charge is 0.242 e. The molecule has 0 spiro atoms. The second kappa shape index (κ2) is 12.3. The van der Waals surface area contributed by atoms with Crippen molar-refractivity contribution in [3.05, 3.63) is 68.7 Å². The first kappa shape index (κ1) is 25.5. The molecule has 1 atom stereocenters. The van der Waals surface area contributed by atoms with Gasteiger partial charge in [-0.3, -0.25) is 9.59 Å². The highest BCUT2D eigenvalue weighted by Crippen LogP contribution is 2.25. The van der Waals surface area contributed by atoms with Gasteiger partial charge in [0.15, 0.2) is 0 Å². The summed E-state index contributed by atoms with van der Waals surface area (Å²) < 4.78 is 0. The Hall–Kier alpha value is -1.75. The Morgan fingerprint density at radius 2 is 1.71 bits per heavy atom. The summed E-state index contributed by atoms with van der Waals surface area (Å²) in [5.74, 6) is 0.0563. The van der Waals surface area contributed by atoms with Crippen LogP contribution in [0, 0.1) is 5.92 Å². The van der Waals surface area contributed by atoms with E-state index in [2.05, 4.69) is 5.32 Å². The van der Waals surface area contributed by atoms with E-state index in [-0.39, 0.29) is 24.8 Å². The zero-order valence-corrected chi connectivity index (χ0v) is 20.4. The molecule has 0 bridgehead atoms. The minimum atomic E-state index is -0.577. The number of benzene rings is 2. The minimum Gasteiger partial charge on any atom is -0.354 e. The standard InChI is InChI=1S/C24H29Cl3N2O2/c1-4-22(24(31)28-14-16(2)3)29(15-17-9-11-20(26)21(27)13-17)23(30)12-10-18-7-5-6-8-19(18)25/h5-9,11,13,16,22H,4,10,12,14-15H2,1-3H3,(H,28,31)/t22-/m0/s1. The lowest BCUT2D eigenvalue weighted by molar-refractivity contribution is -0.141. The molecular formula is C24H29Cl3N2O2. The van der Waals surface area contributed by atoms with E-state index in [1.165, 1.54) is 0 Å². The Bertz CT molecular complexity index is 902. The van der Waals surface area contributed by atoms with Gasteiger partial charge in [-0.15, -0.1) is 0 Å². The summed E-state index contributed by atoms with van der Waals surface area (Å²) in [5.41, 5.74) is 1.72. The molecule has 0 heterocycles. The maximum atomic E-state index is 13.3. The number of hydrogen-bond acceptors (Lipinski definition) is 2. The van der Waals surface area contributed by atoms with Gasteiger partial charge in [-0.2, -0.15) is 0 Å². The first-order valence-corrected chi connectivity index (χ1v) is 11.6. The van der Waals surface area contributed by atoms with Gasteiger partial charge in [0.2, 0.25) is 11.8 Å². The Balaban J connectivity index is 2.24. The lowest BCUT2D eigenvalue weighted by Gasteiger charge is -2.31. The van der Waals surface area contributed by atoms with Crippen LogP contribution in [-0.2, 0) is 22.6 Å². The van der Waals surface area contributed by atoms with Gasteiger partial charge < -0.3 is 10.2 Å². The van der Waals surface area contributed by atoms with Gasteiger partial charge in [-0.05, 0) is 48.1 Å². The molecule has 168 valence electrons. The van der Waals surface area contributed by atoms with Crippen LogP contribution in [0.2, 0.25) is 15.1 Å². The number of hydrogen-bond donors (Lipinski definition) is 1. The van der Waals surface area contributed by atoms with Gasteiger partial charge in [-0.25, -0.2) is 0 Å². The molecule has 1 N–H and O–H groups in total. The summed E-state index contributed by atoms with van der Waals surface area (Å²) in [6.45, 7) is 6.80. The van der Waals surface area contributed by atoms with Crippen molar-refractivity contribution in [1.82, 2.24) is 10.2 Å². The average molecular weight is 484 g/mol. The molecule has 2 rings (SSSR count). The van der Waals surface area contributed by atoms with Crippen LogP contribution in [0.15, 0.2) is 42.5 Å². The molecule has 0 aromatic heterocycles. The predicted octanol–water partition coefficient (Wildman–Crippen LogP) is 6.16. The molecule has 7 heteroatoms. The fraction of sp³-hybridized carbons (Fsp3) is 0.417. The van der Waals surface area contributed by atoms with Crippen molar-refractivity contribution in [2.45, 2.75) is 52.6 Å². The average Bonchev–Trinajstić information content (AvgIpc) is 2.73. The molecule has 2 amide bonds. The monoisotopic (exact) mass is 482 g/mol. The molecule has 0 aliphatic rings. The Morgan fingerprint density at radius 3 is 2.32 bits per heavy atom. The number of aryl methyl sites for hydroxylation is 1. The third-order valence-electron chi connectivity index (χ3n) is 4.97. The van der Waals surface area contributed by atoms with Crippen molar-refractivity contribution in [3.8, 4) is 0 Å². The molecule has 31 heavy (non-hydrogen) atoms. The summed E-state index contributed by atoms with van der Waals surface area (Å²) in [4.78, 5) is 27.8. The zero-order valence-electron chi connectivity index (χ0n) is 18.1. The molecule has 0 saturated heterocycles. The topological polar surface area (TPSA) is 49.4 Å². The summed E-state index contributed by atoms with van der Waals surface area (Å²) in [5, 5.41) is 4.45. The second-order valence-electron chi connectivity index (χ2n) is 7.92. The van der Waals surface area contributed by atoms with E-state index in [1.807, 2.05) is 51.1 Å². The van der Waals surface area contributed by atoms with Crippen molar-refractivity contribution in [2.24, 2.45) is 5.92 Å². The van der Waals surface area contributed by atoms with Crippen LogP contribution in [0.1, 0.15) is 44.7 Å². The van der Waals surface area contributed by atoms with Gasteiger partial charge in [-0.1, -0.05) is 79.8 Å². The lowest BCUT2D eigenvalue weighted by atomic mass is 10.1. The molecule has 0 aliphatic heterocycles. The lowest BCUT2D eigenvalue weighted by Crippen LogP contribution is -2.49. The Kier molecular flexibility index (Phi) is 10.1. The van der Waals surface area contributed by atoms with E-state index in [9.17, 15) is 9.59 Å². The molecule has 2 aromatic rings. The maximum Gasteiger partial charge on any atom is 0.242 e. The summed E-state index contributed by atoms with van der Waals surface area (Å²) in [7, 11) is 0. The molecular weight excluding hydrogens is 455 g/mol. The van der Waals surface area contributed by atoms with Gasteiger partial charge in [0.25, 0.3) is 0 Å². The van der Waals surface area contributed by atoms with Crippen LogP contribution >= 0.6 is 34.8 Å². The van der Waals surface area contributed by atoms with Gasteiger partial charge in [0, 0.05) is 24.5 Å². The zero-order chi connectivity index (χ0) is 23.0.